The molecule has 7 aromatic carbocycles. The van der Waals surface area contributed by atoms with Gasteiger partial charge in [-0.2, -0.15) is 0 Å². The number of hydrogen-bond acceptors (Lipinski definition) is 0. The molecule has 40 heavy (non-hydrogen) atoms. The van der Waals surface area contributed by atoms with E-state index in [2.05, 4.69) is 155 Å². The van der Waals surface area contributed by atoms with Crippen molar-refractivity contribution in [2.75, 3.05) is 0 Å². The standard InChI is InChI=1S/C38H24N2/c1-2-10-26-24-33-27(23-25(26)9-1)17-22-37-38(33)32-13-5-8-16-36(32)40(37)29-20-18-28(19-21-29)39-34-14-6-3-11-30(34)31-12-4-7-15-35(31)39/h1-24H. The molecule has 2 heteroatoms. The number of rotatable bonds is 2. The lowest BCUT2D eigenvalue weighted by Gasteiger charge is -2.12. The fourth-order valence-corrected chi connectivity index (χ4v) is 6.71. The van der Waals surface area contributed by atoms with Crippen LogP contribution in [0.5, 0.6) is 0 Å². The van der Waals surface area contributed by atoms with Crippen LogP contribution in [0.1, 0.15) is 0 Å². The van der Waals surface area contributed by atoms with E-state index >= 15 is 0 Å². The minimum Gasteiger partial charge on any atom is -0.309 e. The van der Waals surface area contributed by atoms with Crippen LogP contribution >= 0.6 is 0 Å². The molecule has 0 saturated heterocycles. The van der Waals surface area contributed by atoms with Gasteiger partial charge < -0.3 is 9.13 Å². The van der Waals surface area contributed by atoms with Crippen LogP contribution in [0.3, 0.4) is 0 Å². The Balaban J connectivity index is 1.29. The van der Waals surface area contributed by atoms with Crippen LogP contribution < -0.4 is 0 Å². The van der Waals surface area contributed by atoms with Crippen molar-refractivity contribution < 1.29 is 0 Å². The lowest BCUT2D eigenvalue weighted by Crippen LogP contribution is -1.97. The third-order valence-electron chi connectivity index (χ3n) is 8.47. The lowest BCUT2D eigenvalue weighted by atomic mass is 9.99. The highest BCUT2D eigenvalue weighted by Gasteiger charge is 2.16. The number of fused-ring (bicyclic) bond motifs is 9. The van der Waals surface area contributed by atoms with Gasteiger partial charge in [-0.25, -0.2) is 0 Å². The lowest BCUT2D eigenvalue weighted by molar-refractivity contribution is 1.14. The Bertz CT molecular complexity index is 2370. The van der Waals surface area contributed by atoms with Gasteiger partial charge in [-0.1, -0.05) is 84.9 Å². The van der Waals surface area contributed by atoms with Gasteiger partial charge >= 0.3 is 0 Å². The molecule has 0 spiro atoms. The van der Waals surface area contributed by atoms with Crippen molar-refractivity contribution >= 4 is 65.2 Å². The van der Waals surface area contributed by atoms with E-state index in [1.165, 1.54) is 70.8 Å². The van der Waals surface area contributed by atoms with E-state index in [4.69, 9.17) is 0 Å². The average Bonchev–Trinajstić information content (AvgIpc) is 3.53. The van der Waals surface area contributed by atoms with Crippen molar-refractivity contribution in [1.82, 2.24) is 9.13 Å². The van der Waals surface area contributed by atoms with Crippen LogP contribution in [0.15, 0.2) is 146 Å². The summed E-state index contributed by atoms with van der Waals surface area (Å²) in [7, 11) is 0. The number of benzene rings is 7. The van der Waals surface area contributed by atoms with Crippen molar-refractivity contribution in [2.45, 2.75) is 0 Å². The zero-order chi connectivity index (χ0) is 26.2. The predicted molar refractivity (Wildman–Crippen MR) is 170 cm³/mol. The minimum atomic E-state index is 1.16. The fraction of sp³-hybridized carbons (Fsp3) is 0. The van der Waals surface area contributed by atoms with Crippen LogP contribution in [0.4, 0.5) is 0 Å². The Morgan fingerprint density at radius 2 is 0.775 bits per heavy atom. The zero-order valence-corrected chi connectivity index (χ0v) is 21.8. The van der Waals surface area contributed by atoms with Gasteiger partial charge in [-0.3, -0.25) is 0 Å². The first-order valence-electron chi connectivity index (χ1n) is 13.8. The maximum atomic E-state index is 2.41. The highest BCUT2D eigenvalue weighted by atomic mass is 15.0. The Kier molecular flexibility index (Phi) is 4.36. The summed E-state index contributed by atoms with van der Waals surface area (Å²) in [6.07, 6.45) is 0. The van der Waals surface area contributed by atoms with Gasteiger partial charge in [0.15, 0.2) is 0 Å². The summed E-state index contributed by atoms with van der Waals surface area (Å²) >= 11 is 0. The van der Waals surface area contributed by atoms with Gasteiger partial charge in [0.25, 0.3) is 0 Å². The molecule has 0 aliphatic heterocycles. The molecule has 0 N–H and O–H groups in total. The topological polar surface area (TPSA) is 9.86 Å². The first-order valence-corrected chi connectivity index (χ1v) is 13.8. The molecule has 0 aliphatic rings. The Labute approximate surface area is 230 Å². The monoisotopic (exact) mass is 508 g/mol. The number of para-hydroxylation sites is 3. The normalized spacial score (nSPS) is 12.0. The Hall–Kier alpha value is -5.34. The molecule has 2 aromatic heterocycles. The van der Waals surface area contributed by atoms with Crippen LogP contribution in [0, 0.1) is 0 Å². The summed E-state index contributed by atoms with van der Waals surface area (Å²) < 4.78 is 4.79. The summed E-state index contributed by atoms with van der Waals surface area (Å²) in [6, 6.07) is 53.0. The van der Waals surface area contributed by atoms with Crippen LogP contribution in [-0.4, -0.2) is 9.13 Å². The van der Waals surface area contributed by atoms with Gasteiger partial charge in [-0.05, 0) is 82.2 Å². The molecule has 0 saturated carbocycles. The highest BCUT2D eigenvalue weighted by molar-refractivity contribution is 6.23. The number of aromatic nitrogens is 2. The number of hydrogen-bond donors (Lipinski definition) is 0. The van der Waals surface area contributed by atoms with Crippen LogP contribution in [0.2, 0.25) is 0 Å². The molecule has 0 atom stereocenters. The molecular weight excluding hydrogens is 484 g/mol. The van der Waals surface area contributed by atoms with Gasteiger partial charge in [-0.15, -0.1) is 0 Å². The largest absolute Gasteiger partial charge is 0.309 e. The van der Waals surface area contributed by atoms with E-state index in [1.807, 2.05) is 0 Å². The van der Waals surface area contributed by atoms with Crippen molar-refractivity contribution in [3.8, 4) is 11.4 Å². The van der Waals surface area contributed by atoms with Crippen molar-refractivity contribution in [1.29, 1.82) is 0 Å². The summed E-state index contributed by atoms with van der Waals surface area (Å²) in [5, 5.41) is 10.3. The summed E-state index contributed by atoms with van der Waals surface area (Å²) in [6.45, 7) is 0. The Morgan fingerprint density at radius 3 is 1.40 bits per heavy atom. The van der Waals surface area contributed by atoms with E-state index in [0.29, 0.717) is 0 Å². The zero-order valence-electron chi connectivity index (χ0n) is 21.8. The third-order valence-corrected chi connectivity index (χ3v) is 8.47. The third kappa shape index (κ3) is 2.93. The average molecular weight is 509 g/mol. The molecule has 9 rings (SSSR count). The van der Waals surface area contributed by atoms with Gasteiger partial charge in [0.2, 0.25) is 0 Å². The highest BCUT2D eigenvalue weighted by Crippen LogP contribution is 2.39. The predicted octanol–water partition coefficient (Wildman–Crippen LogP) is 10.2. The van der Waals surface area contributed by atoms with Crippen LogP contribution in [-0.2, 0) is 0 Å². The molecule has 0 aliphatic carbocycles. The molecule has 0 unspecified atom stereocenters. The molecule has 0 fully saturated rings. The van der Waals surface area contributed by atoms with Gasteiger partial charge in [0, 0.05) is 32.9 Å². The molecular formula is C38H24N2. The molecule has 186 valence electrons. The second-order valence-corrected chi connectivity index (χ2v) is 10.6. The molecule has 9 aromatic rings. The molecule has 0 radical (unpaired) electrons. The maximum Gasteiger partial charge on any atom is 0.0547 e. The summed E-state index contributed by atoms with van der Waals surface area (Å²) in [5.41, 5.74) is 7.24. The molecule has 0 amide bonds. The Morgan fingerprint density at radius 1 is 0.300 bits per heavy atom. The fourth-order valence-electron chi connectivity index (χ4n) is 6.71. The second-order valence-electron chi connectivity index (χ2n) is 10.6. The van der Waals surface area contributed by atoms with E-state index in [9.17, 15) is 0 Å². The second kappa shape index (κ2) is 8.08. The van der Waals surface area contributed by atoms with E-state index in [0.717, 1.165) is 5.69 Å². The first-order chi connectivity index (χ1) is 19.8. The first kappa shape index (κ1) is 21.6. The number of nitrogens with zero attached hydrogens (tertiary/aromatic N) is 2. The quantitative estimate of drug-likeness (QED) is 0.206. The van der Waals surface area contributed by atoms with Crippen LogP contribution in [0.25, 0.3) is 76.5 Å². The van der Waals surface area contributed by atoms with Crippen molar-refractivity contribution in [3.63, 3.8) is 0 Å². The van der Waals surface area contributed by atoms with E-state index in [1.54, 1.807) is 0 Å². The molecule has 2 nitrogen and oxygen atoms in total. The minimum absolute atomic E-state index is 1.16. The van der Waals surface area contributed by atoms with Gasteiger partial charge in [0.05, 0.1) is 22.1 Å². The maximum absolute atomic E-state index is 2.41. The van der Waals surface area contributed by atoms with E-state index in [-0.39, 0.29) is 0 Å². The van der Waals surface area contributed by atoms with Crippen molar-refractivity contribution in [2.24, 2.45) is 0 Å². The van der Waals surface area contributed by atoms with E-state index < -0.39 is 0 Å². The molecule has 0 bridgehead atoms. The van der Waals surface area contributed by atoms with Gasteiger partial charge in [0.1, 0.15) is 0 Å². The molecule has 2 heterocycles. The summed E-state index contributed by atoms with van der Waals surface area (Å²) in [4.78, 5) is 0. The SMILES string of the molecule is c1ccc2cc3c(ccc4c3c3ccccc3n4-c3ccc(-n4c5ccccc5c5ccccc54)cc3)cc2c1. The summed E-state index contributed by atoms with van der Waals surface area (Å²) in [5.74, 6) is 0. The van der Waals surface area contributed by atoms with Crippen molar-refractivity contribution in [3.05, 3.63) is 146 Å². The smallest absolute Gasteiger partial charge is 0.0547 e.